The lowest BCUT2D eigenvalue weighted by Gasteiger charge is -2.16. The average Bonchev–Trinajstić information content (AvgIpc) is 3.00. The minimum Gasteiger partial charge on any atom is -0.492 e. The summed E-state index contributed by atoms with van der Waals surface area (Å²) in [6.45, 7) is 6.18. The predicted molar refractivity (Wildman–Crippen MR) is 133 cm³/mol. The van der Waals surface area contributed by atoms with Crippen LogP contribution in [-0.4, -0.2) is 33.3 Å². The summed E-state index contributed by atoms with van der Waals surface area (Å²) >= 11 is 7.06. The first-order chi connectivity index (χ1) is 16.4. The van der Waals surface area contributed by atoms with Gasteiger partial charge in [0.25, 0.3) is 11.8 Å². The summed E-state index contributed by atoms with van der Waals surface area (Å²) in [5.41, 5.74) is 3.10. The van der Waals surface area contributed by atoms with E-state index in [-0.39, 0.29) is 17.1 Å². The molecule has 7 nitrogen and oxygen atoms in total. The summed E-state index contributed by atoms with van der Waals surface area (Å²) in [4.78, 5) is 37.2. The van der Waals surface area contributed by atoms with E-state index >= 15 is 0 Å². The van der Waals surface area contributed by atoms with Crippen molar-refractivity contribution in [2.45, 2.75) is 32.5 Å². The maximum absolute atomic E-state index is 13.5. The number of halogens is 1. The van der Waals surface area contributed by atoms with Gasteiger partial charge in [-0.15, -0.1) is 0 Å². The van der Waals surface area contributed by atoms with Crippen molar-refractivity contribution in [1.82, 2.24) is 14.9 Å². The minimum absolute atomic E-state index is 0.116. The number of nitrogens with one attached hydrogen (secondary N) is 1. The van der Waals surface area contributed by atoms with Gasteiger partial charge in [-0.25, -0.2) is 9.97 Å². The second-order valence-corrected chi connectivity index (χ2v) is 9.03. The molecule has 0 saturated carbocycles. The molecule has 0 spiro atoms. The number of amides is 2. The van der Waals surface area contributed by atoms with Gasteiger partial charge in [-0.2, -0.15) is 0 Å². The van der Waals surface area contributed by atoms with Gasteiger partial charge in [-0.3, -0.25) is 14.5 Å². The van der Waals surface area contributed by atoms with Gasteiger partial charge in [0, 0.05) is 16.4 Å². The Morgan fingerprint density at radius 3 is 2.35 bits per heavy atom. The summed E-state index contributed by atoms with van der Waals surface area (Å²) in [5, 5.41) is 4.13. The number of thioether (sulfide) groups is 1. The zero-order chi connectivity index (χ0) is 24.2. The van der Waals surface area contributed by atoms with E-state index in [1.54, 1.807) is 36.4 Å². The van der Waals surface area contributed by atoms with Crippen molar-refractivity contribution >= 4 is 40.9 Å². The number of aromatic nitrogens is 2. The summed E-state index contributed by atoms with van der Waals surface area (Å²) in [5.74, 6) is -0.261. The highest BCUT2D eigenvalue weighted by atomic mass is 35.5. The van der Waals surface area contributed by atoms with Gasteiger partial charge in [-0.05, 0) is 68.4 Å². The molecule has 2 aromatic carbocycles. The highest BCUT2D eigenvalue weighted by molar-refractivity contribution is 8.04. The Kier molecular flexibility index (Phi) is 7.19. The van der Waals surface area contributed by atoms with E-state index in [1.165, 1.54) is 4.90 Å². The van der Waals surface area contributed by atoms with E-state index in [2.05, 4.69) is 15.3 Å². The van der Waals surface area contributed by atoms with Crippen LogP contribution in [0.3, 0.4) is 0 Å². The molecule has 1 aliphatic heterocycles. The molecule has 174 valence electrons. The van der Waals surface area contributed by atoms with Crippen LogP contribution < -0.4 is 10.1 Å². The molecule has 3 aromatic rings. The Morgan fingerprint density at radius 2 is 1.68 bits per heavy atom. The van der Waals surface area contributed by atoms with Crippen molar-refractivity contribution in [3.8, 4) is 5.75 Å². The van der Waals surface area contributed by atoms with E-state index in [1.807, 2.05) is 39.0 Å². The summed E-state index contributed by atoms with van der Waals surface area (Å²) in [6.07, 6.45) is 0. The maximum Gasteiger partial charge on any atom is 0.278 e. The van der Waals surface area contributed by atoms with E-state index in [4.69, 9.17) is 16.3 Å². The van der Waals surface area contributed by atoms with Gasteiger partial charge >= 0.3 is 0 Å². The van der Waals surface area contributed by atoms with Crippen LogP contribution in [0.5, 0.6) is 5.75 Å². The summed E-state index contributed by atoms with van der Waals surface area (Å²) < 4.78 is 5.69. The van der Waals surface area contributed by atoms with Gasteiger partial charge in [0.1, 0.15) is 16.4 Å². The fourth-order valence-corrected chi connectivity index (χ4v) is 4.62. The first kappa shape index (κ1) is 23.8. The topological polar surface area (TPSA) is 84.4 Å². The zero-order valence-corrected chi connectivity index (χ0v) is 20.5. The minimum atomic E-state index is -0.432. The average molecular weight is 495 g/mol. The van der Waals surface area contributed by atoms with Gasteiger partial charge < -0.3 is 10.1 Å². The molecule has 2 amide bonds. The van der Waals surface area contributed by atoms with Crippen molar-refractivity contribution in [2.75, 3.05) is 11.9 Å². The number of imide groups is 1. The Balaban J connectivity index is 1.71. The van der Waals surface area contributed by atoms with Crippen LogP contribution in [0.1, 0.15) is 23.9 Å². The van der Waals surface area contributed by atoms with Crippen molar-refractivity contribution in [2.24, 2.45) is 0 Å². The number of benzene rings is 2. The largest absolute Gasteiger partial charge is 0.492 e. The SMILES string of the molecule is CCOc1ccccc1NC1=C(Sc2nc(C)cc(C)n2)C(=O)N(Cc2ccc(Cl)cc2)C1=O. The van der Waals surface area contributed by atoms with Crippen LogP contribution in [0.4, 0.5) is 5.69 Å². The Hall–Kier alpha value is -3.36. The third-order valence-corrected chi connectivity index (χ3v) is 6.18. The van der Waals surface area contributed by atoms with Crippen molar-refractivity contribution in [3.05, 3.63) is 87.2 Å². The van der Waals surface area contributed by atoms with Gasteiger partial charge in [0.15, 0.2) is 5.16 Å². The summed E-state index contributed by atoms with van der Waals surface area (Å²) in [7, 11) is 0. The van der Waals surface area contributed by atoms with Crippen LogP contribution in [0.25, 0.3) is 0 Å². The number of carbonyl (C=O) groups is 2. The van der Waals surface area contributed by atoms with Crippen LogP contribution in [0, 0.1) is 13.8 Å². The van der Waals surface area contributed by atoms with Crippen LogP contribution in [-0.2, 0) is 16.1 Å². The van der Waals surface area contributed by atoms with Crippen molar-refractivity contribution < 1.29 is 14.3 Å². The molecule has 4 rings (SSSR count). The number of hydrogen-bond acceptors (Lipinski definition) is 7. The molecule has 1 aliphatic rings. The molecular formula is C25H23ClN4O3S. The molecule has 9 heteroatoms. The number of rotatable bonds is 8. The molecule has 0 atom stereocenters. The molecule has 1 N–H and O–H groups in total. The lowest BCUT2D eigenvalue weighted by molar-refractivity contribution is -0.137. The third-order valence-electron chi connectivity index (χ3n) is 4.98. The molecule has 0 aliphatic carbocycles. The molecule has 0 saturated heterocycles. The normalized spacial score (nSPS) is 13.6. The maximum atomic E-state index is 13.5. The fraction of sp³-hybridized carbons (Fsp3) is 0.200. The molecule has 0 bridgehead atoms. The monoisotopic (exact) mass is 494 g/mol. The highest BCUT2D eigenvalue weighted by Crippen LogP contribution is 2.37. The lowest BCUT2D eigenvalue weighted by Crippen LogP contribution is -2.32. The molecule has 0 unspecified atom stereocenters. The number of ether oxygens (including phenoxy) is 1. The van der Waals surface area contributed by atoms with E-state index in [0.29, 0.717) is 28.2 Å². The Morgan fingerprint density at radius 1 is 1.00 bits per heavy atom. The van der Waals surface area contributed by atoms with Crippen LogP contribution in [0.2, 0.25) is 5.02 Å². The lowest BCUT2D eigenvalue weighted by atomic mass is 10.2. The first-order valence-corrected chi connectivity index (χ1v) is 11.9. The van der Waals surface area contributed by atoms with Gasteiger partial charge in [0.2, 0.25) is 0 Å². The Labute approximate surface area is 207 Å². The number of nitrogens with zero attached hydrogens (tertiary/aromatic N) is 3. The quantitative estimate of drug-likeness (QED) is 0.343. The molecule has 0 fully saturated rings. The fourth-order valence-electron chi connectivity index (χ4n) is 3.49. The zero-order valence-electron chi connectivity index (χ0n) is 19.0. The smallest absolute Gasteiger partial charge is 0.278 e. The number of aryl methyl sites for hydroxylation is 2. The number of para-hydroxylation sites is 2. The van der Waals surface area contributed by atoms with E-state index in [9.17, 15) is 9.59 Å². The van der Waals surface area contributed by atoms with E-state index in [0.717, 1.165) is 28.7 Å². The standard InChI is InChI=1S/C25H23ClN4O3S/c1-4-33-20-8-6-5-7-19(20)29-21-22(34-25-27-15(2)13-16(3)28-25)24(32)30(23(21)31)14-17-9-11-18(26)12-10-17/h5-13,29H,4,14H2,1-3H3. The van der Waals surface area contributed by atoms with Crippen LogP contribution >= 0.6 is 23.4 Å². The summed E-state index contributed by atoms with van der Waals surface area (Å²) in [6, 6.07) is 16.2. The second kappa shape index (κ2) is 10.3. The Bertz CT molecular complexity index is 1260. The molecular weight excluding hydrogens is 472 g/mol. The van der Waals surface area contributed by atoms with Gasteiger partial charge in [0.05, 0.1) is 18.8 Å². The molecule has 34 heavy (non-hydrogen) atoms. The van der Waals surface area contributed by atoms with E-state index < -0.39 is 11.8 Å². The number of carbonyl (C=O) groups excluding carboxylic acids is 2. The highest BCUT2D eigenvalue weighted by Gasteiger charge is 2.40. The predicted octanol–water partition coefficient (Wildman–Crippen LogP) is 5.13. The third kappa shape index (κ3) is 5.24. The number of hydrogen-bond donors (Lipinski definition) is 1. The first-order valence-electron chi connectivity index (χ1n) is 10.7. The number of anilines is 1. The molecule has 0 radical (unpaired) electrons. The van der Waals surface area contributed by atoms with Crippen molar-refractivity contribution in [3.63, 3.8) is 0 Å². The molecule has 2 heterocycles. The van der Waals surface area contributed by atoms with Gasteiger partial charge in [-0.1, -0.05) is 35.9 Å². The van der Waals surface area contributed by atoms with Crippen LogP contribution in [0.15, 0.2) is 70.4 Å². The second-order valence-electron chi connectivity index (χ2n) is 7.62. The van der Waals surface area contributed by atoms with Crippen molar-refractivity contribution in [1.29, 1.82) is 0 Å². The molecule has 1 aromatic heterocycles.